The lowest BCUT2D eigenvalue weighted by atomic mass is 9.97. The Bertz CT molecular complexity index is 566. The molecular weight excluding hydrogens is 348 g/mol. The van der Waals surface area contributed by atoms with Crippen molar-refractivity contribution in [1.29, 1.82) is 0 Å². The Kier molecular flexibility index (Phi) is 8.38. The summed E-state index contributed by atoms with van der Waals surface area (Å²) in [5.74, 6) is 0.910. The predicted molar refractivity (Wildman–Crippen MR) is 108 cm³/mol. The molecule has 7 heteroatoms. The second-order valence-electron chi connectivity index (χ2n) is 6.70. The fourth-order valence-corrected chi connectivity index (χ4v) is 4.09. The number of likely N-dealkylation sites (tertiary alicyclic amines) is 1. The van der Waals surface area contributed by atoms with E-state index in [1.165, 1.54) is 4.88 Å². The van der Waals surface area contributed by atoms with Crippen molar-refractivity contribution in [1.82, 2.24) is 15.1 Å². The van der Waals surface area contributed by atoms with Gasteiger partial charge in [-0.1, -0.05) is 6.07 Å². The fourth-order valence-electron chi connectivity index (χ4n) is 3.17. The Hall–Kier alpha value is -1.60. The quantitative estimate of drug-likeness (QED) is 0.448. The molecule has 0 radical (unpaired) electrons. The van der Waals surface area contributed by atoms with E-state index in [0.717, 1.165) is 38.4 Å². The number of ether oxygens (including phenoxy) is 1. The number of likely N-dealkylation sites (N-methyl/N-ethyl adjacent to an activating group) is 1. The number of nitrogens with one attached hydrogen (secondary N) is 1. The summed E-state index contributed by atoms with van der Waals surface area (Å²) in [5.41, 5.74) is 0. The summed E-state index contributed by atoms with van der Waals surface area (Å²) in [6.07, 6.45) is 1.65. The van der Waals surface area contributed by atoms with Crippen molar-refractivity contribution in [3.05, 3.63) is 22.4 Å². The fraction of sp³-hybridized carbons (Fsp3) is 0.684. The lowest BCUT2D eigenvalue weighted by Gasteiger charge is -2.33. The van der Waals surface area contributed by atoms with Crippen LogP contribution < -0.4 is 5.32 Å². The van der Waals surface area contributed by atoms with E-state index in [1.54, 1.807) is 11.3 Å². The summed E-state index contributed by atoms with van der Waals surface area (Å²) in [5, 5.41) is 5.52. The predicted octanol–water partition coefficient (Wildman–Crippen LogP) is 2.59. The summed E-state index contributed by atoms with van der Waals surface area (Å²) >= 11 is 1.77. The molecule has 1 aromatic rings. The maximum atomic E-state index is 11.9. The number of guanidine groups is 1. The molecular formula is C19H32N4O2S. The minimum absolute atomic E-state index is 0.0229. The highest BCUT2D eigenvalue weighted by Gasteiger charge is 2.27. The number of thiophene rings is 1. The van der Waals surface area contributed by atoms with Crippen LogP contribution in [0.2, 0.25) is 0 Å². The third-order valence-electron chi connectivity index (χ3n) is 4.66. The number of nitrogens with zero attached hydrogens (tertiary/aromatic N) is 3. The highest BCUT2D eigenvalue weighted by Crippen LogP contribution is 2.24. The molecule has 6 nitrogen and oxygen atoms in total. The van der Waals surface area contributed by atoms with Gasteiger partial charge >= 0.3 is 5.97 Å². The molecule has 0 aromatic carbocycles. The van der Waals surface area contributed by atoms with E-state index >= 15 is 0 Å². The van der Waals surface area contributed by atoms with Crippen molar-refractivity contribution in [2.75, 3.05) is 46.9 Å². The van der Waals surface area contributed by atoms with Crippen molar-refractivity contribution in [3.63, 3.8) is 0 Å². The second-order valence-corrected chi connectivity index (χ2v) is 7.68. The first-order valence-corrected chi connectivity index (χ1v) is 10.3. The molecule has 0 amide bonds. The van der Waals surface area contributed by atoms with E-state index in [0.29, 0.717) is 13.2 Å². The Morgan fingerprint density at radius 3 is 2.69 bits per heavy atom. The van der Waals surface area contributed by atoms with E-state index in [4.69, 9.17) is 9.73 Å². The zero-order valence-corrected chi connectivity index (χ0v) is 17.2. The summed E-state index contributed by atoms with van der Waals surface area (Å²) in [4.78, 5) is 22.6. The summed E-state index contributed by atoms with van der Waals surface area (Å²) in [7, 11) is 4.19. The minimum atomic E-state index is -0.0561. The van der Waals surface area contributed by atoms with Gasteiger partial charge in [0.2, 0.25) is 0 Å². The van der Waals surface area contributed by atoms with Crippen LogP contribution in [0.4, 0.5) is 0 Å². The van der Waals surface area contributed by atoms with Crippen LogP contribution in [0.5, 0.6) is 0 Å². The third kappa shape index (κ3) is 5.71. The van der Waals surface area contributed by atoms with Crippen LogP contribution in [0, 0.1) is 5.92 Å². The molecule has 1 N–H and O–H groups in total. The molecule has 2 heterocycles. The van der Waals surface area contributed by atoms with Crippen LogP contribution in [-0.4, -0.2) is 68.6 Å². The highest BCUT2D eigenvalue weighted by atomic mass is 32.1. The van der Waals surface area contributed by atoms with Gasteiger partial charge in [0.05, 0.1) is 25.1 Å². The lowest BCUT2D eigenvalue weighted by molar-refractivity contribution is -0.149. The maximum Gasteiger partial charge on any atom is 0.309 e. The summed E-state index contributed by atoms with van der Waals surface area (Å²) < 4.78 is 5.16. The van der Waals surface area contributed by atoms with Gasteiger partial charge in [-0.05, 0) is 52.2 Å². The van der Waals surface area contributed by atoms with Gasteiger partial charge in [-0.2, -0.15) is 0 Å². The van der Waals surface area contributed by atoms with Crippen molar-refractivity contribution in [2.24, 2.45) is 10.9 Å². The highest BCUT2D eigenvalue weighted by molar-refractivity contribution is 7.10. The van der Waals surface area contributed by atoms with E-state index in [1.807, 2.05) is 6.92 Å². The van der Waals surface area contributed by atoms with E-state index in [-0.39, 0.29) is 17.9 Å². The second kappa shape index (κ2) is 10.5. The van der Waals surface area contributed by atoms with Crippen molar-refractivity contribution >= 4 is 23.3 Å². The van der Waals surface area contributed by atoms with Crippen LogP contribution >= 0.6 is 11.3 Å². The van der Waals surface area contributed by atoms with Crippen molar-refractivity contribution in [2.45, 2.75) is 32.7 Å². The van der Waals surface area contributed by atoms with E-state index < -0.39 is 0 Å². The van der Waals surface area contributed by atoms with E-state index in [9.17, 15) is 4.79 Å². The molecule has 146 valence electrons. The molecule has 1 saturated heterocycles. The largest absolute Gasteiger partial charge is 0.466 e. The molecule has 1 aliphatic heterocycles. The molecule has 1 unspecified atom stereocenters. The van der Waals surface area contributed by atoms with Gasteiger partial charge < -0.3 is 19.9 Å². The first-order valence-electron chi connectivity index (χ1n) is 9.46. The van der Waals surface area contributed by atoms with Crippen LogP contribution in [0.25, 0.3) is 0 Å². The lowest BCUT2D eigenvalue weighted by Crippen LogP contribution is -2.47. The molecule has 0 spiro atoms. The first kappa shape index (κ1) is 20.7. The van der Waals surface area contributed by atoms with Crippen molar-refractivity contribution < 1.29 is 9.53 Å². The van der Waals surface area contributed by atoms with Gasteiger partial charge in [-0.25, -0.2) is 0 Å². The molecule has 0 saturated carbocycles. The van der Waals surface area contributed by atoms with E-state index in [2.05, 4.69) is 53.6 Å². The minimum Gasteiger partial charge on any atom is -0.466 e. The molecule has 1 aliphatic rings. The molecule has 1 atom stereocenters. The molecule has 1 aromatic heterocycles. The Balaban J connectivity index is 1.99. The molecule has 2 rings (SSSR count). The SMILES string of the molecule is CCNC(=NCC(c1cccs1)N(C)C)N1CCC(C(=O)OCC)CC1. The Morgan fingerprint density at radius 2 is 2.15 bits per heavy atom. The van der Waals surface area contributed by atoms with Gasteiger partial charge in [0.25, 0.3) is 0 Å². The number of rotatable bonds is 7. The van der Waals surface area contributed by atoms with Crippen LogP contribution in [0.3, 0.4) is 0 Å². The average Bonchev–Trinajstić information content (AvgIpc) is 3.15. The van der Waals surface area contributed by atoms with Crippen LogP contribution in [0.1, 0.15) is 37.6 Å². The maximum absolute atomic E-state index is 11.9. The molecule has 26 heavy (non-hydrogen) atoms. The number of carbonyl (C=O) groups is 1. The van der Waals surface area contributed by atoms with Crippen molar-refractivity contribution in [3.8, 4) is 0 Å². The number of aliphatic imine (C=N–C) groups is 1. The van der Waals surface area contributed by atoms with Crippen LogP contribution in [0.15, 0.2) is 22.5 Å². The molecule has 0 aliphatic carbocycles. The third-order valence-corrected chi connectivity index (χ3v) is 5.63. The number of hydrogen-bond donors (Lipinski definition) is 1. The Labute approximate surface area is 161 Å². The smallest absolute Gasteiger partial charge is 0.309 e. The number of piperidine rings is 1. The normalized spacial score (nSPS) is 17.4. The zero-order valence-electron chi connectivity index (χ0n) is 16.4. The summed E-state index contributed by atoms with van der Waals surface area (Å²) in [6, 6.07) is 4.54. The Morgan fingerprint density at radius 1 is 1.42 bits per heavy atom. The molecule has 0 bridgehead atoms. The van der Waals surface area contributed by atoms with Gasteiger partial charge in [-0.3, -0.25) is 9.79 Å². The van der Waals surface area contributed by atoms with Gasteiger partial charge in [0.1, 0.15) is 0 Å². The monoisotopic (exact) mass is 380 g/mol. The summed E-state index contributed by atoms with van der Waals surface area (Å²) in [6.45, 7) is 7.62. The van der Waals surface area contributed by atoms with Gasteiger partial charge in [-0.15, -0.1) is 11.3 Å². The van der Waals surface area contributed by atoms with Gasteiger partial charge in [0.15, 0.2) is 5.96 Å². The number of carbonyl (C=O) groups excluding carboxylic acids is 1. The number of esters is 1. The standard InChI is InChI=1S/C19H32N4O2S/c1-5-20-19(21-14-16(22(3)4)17-8-7-13-26-17)23-11-9-15(10-12-23)18(24)25-6-2/h7-8,13,15-16H,5-6,9-12,14H2,1-4H3,(H,20,21). The number of hydrogen-bond acceptors (Lipinski definition) is 5. The van der Waals surface area contributed by atoms with Crippen LogP contribution in [-0.2, 0) is 9.53 Å². The van der Waals surface area contributed by atoms with Gasteiger partial charge in [0, 0.05) is 24.5 Å². The zero-order chi connectivity index (χ0) is 18.9. The average molecular weight is 381 g/mol. The molecule has 1 fully saturated rings. The first-order chi connectivity index (χ1) is 12.6. The topological polar surface area (TPSA) is 57.2 Å².